The summed E-state index contributed by atoms with van der Waals surface area (Å²) in [5, 5.41) is 6.03. The first-order valence-corrected chi connectivity index (χ1v) is 6.93. The van der Waals surface area contributed by atoms with Crippen LogP contribution < -0.4 is 10.6 Å². The second kappa shape index (κ2) is 5.51. The molecule has 3 rings (SSSR count). The van der Waals surface area contributed by atoms with E-state index in [2.05, 4.69) is 22.8 Å². The Morgan fingerprint density at radius 2 is 2.05 bits per heavy atom. The van der Waals surface area contributed by atoms with Crippen LogP contribution in [-0.4, -0.2) is 19.5 Å². The lowest BCUT2D eigenvalue weighted by Crippen LogP contribution is -2.16. The molecule has 1 atom stereocenters. The molecule has 0 saturated carbocycles. The minimum Gasteiger partial charge on any atom is -0.451 e. The molecule has 1 aliphatic heterocycles. The van der Waals surface area contributed by atoms with E-state index in [0.29, 0.717) is 11.8 Å². The lowest BCUT2D eigenvalue weighted by atomic mass is 10.0. The molecule has 1 amide bonds. The van der Waals surface area contributed by atoms with Crippen LogP contribution in [0.4, 0.5) is 0 Å². The van der Waals surface area contributed by atoms with Crippen LogP contribution in [0.5, 0.6) is 0 Å². The zero-order chi connectivity index (χ0) is 13.9. The van der Waals surface area contributed by atoms with Crippen LogP contribution in [0, 0.1) is 0 Å². The number of benzene rings is 1. The van der Waals surface area contributed by atoms with Gasteiger partial charge in [0.2, 0.25) is 0 Å². The maximum absolute atomic E-state index is 11.5. The summed E-state index contributed by atoms with van der Waals surface area (Å²) in [4.78, 5) is 11.5. The molecule has 1 aromatic heterocycles. The van der Waals surface area contributed by atoms with E-state index in [1.165, 1.54) is 18.4 Å². The zero-order valence-electron chi connectivity index (χ0n) is 11.5. The van der Waals surface area contributed by atoms with E-state index in [1.807, 2.05) is 18.2 Å². The number of carbonyl (C=O) groups excluding carboxylic acids is 1. The Bertz CT molecular complexity index is 595. The van der Waals surface area contributed by atoms with Crippen molar-refractivity contribution in [3.05, 3.63) is 47.7 Å². The van der Waals surface area contributed by atoms with Gasteiger partial charge in [0.15, 0.2) is 5.76 Å². The highest BCUT2D eigenvalue weighted by molar-refractivity contribution is 5.91. The summed E-state index contributed by atoms with van der Waals surface area (Å²) in [5.74, 6) is 0.849. The molecular formula is C16H18N2O2. The lowest BCUT2D eigenvalue weighted by molar-refractivity contribution is 0.0936. The summed E-state index contributed by atoms with van der Waals surface area (Å²) in [6.45, 7) is 1.10. The largest absolute Gasteiger partial charge is 0.451 e. The van der Waals surface area contributed by atoms with Gasteiger partial charge in [0.05, 0.1) is 0 Å². The fraction of sp³-hybridized carbons (Fsp3) is 0.312. The summed E-state index contributed by atoms with van der Waals surface area (Å²) in [6.07, 6.45) is 2.43. The first-order valence-electron chi connectivity index (χ1n) is 6.93. The van der Waals surface area contributed by atoms with Gasteiger partial charge in [-0.15, -0.1) is 0 Å². The highest BCUT2D eigenvalue weighted by Crippen LogP contribution is 2.27. The Balaban J connectivity index is 1.80. The zero-order valence-corrected chi connectivity index (χ0v) is 11.5. The minimum atomic E-state index is -0.206. The van der Waals surface area contributed by atoms with E-state index in [-0.39, 0.29) is 5.91 Å². The van der Waals surface area contributed by atoms with Gasteiger partial charge in [-0.2, -0.15) is 0 Å². The average Bonchev–Trinajstić information content (AvgIpc) is 3.18. The number of nitrogens with one attached hydrogen (secondary N) is 2. The van der Waals surface area contributed by atoms with E-state index in [9.17, 15) is 4.79 Å². The Morgan fingerprint density at radius 1 is 1.25 bits per heavy atom. The Labute approximate surface area is 118 Å². The molecule has 0 aliphatic carbocycles. The molecule has 20 heavy (non-hydrogen) atoms. The summed E-state index contributed by atoms with van der Waals surface area (Å²) >= 11 is 0. The molecule has 1 saturated heterocycles. The van der Waals surface area contributed by atoms with Crippen LogP contribution in [0.25, 0.3) is 11.3 Å². The molecule has 1 aromatic carbocycles. The van der Waals surface area contributed by atoms with Crippen LogP contribution in [0.2, 0.25) is 0 Å². The Hall–Kier alpha value is -2.07. The third kappa shape index (κ3) is 2.47. The van der Waals surface area contributed by atoms with Crippen molar-refractivity contribution in [2.45, 2.75) is 18.9 Å². The van der Waals surface area contributed by atoms with Crippen molar-refractivity contribution >= 4 is 5.91 Å². The van der Waals surface area contributed by atoms with Gasteiger partial charge in [-0.25, -0.2) is 0 Å². The van der Waals surface area contributed by atoms with Gasteiger partial charge in [0.25, 0.3) is 5.91 Å². The molecule has 0 radical (unpaired) electrons. The Morgan fingerprint density at radius 3 is 2.70 bits per heavy atom. The number of hydrogen-bond acceptors (Lipinski definition) is 3. The fourth-order valence-corrected chi connectivity index (χ4v) is 2.59. The normalized spacial score (nSPS) is 18.1. The topological polar surface area (TPSA) is 54.3 Å². The predicted octanol–water partition coefficient (Wildman–Crippen LogP) is 2.73. The van der Waals surface area contributed by atoms with E-state index >= 15 is 0 Å². The SMILES string of the molecule is CNC(=O)c1ccc(-c2ccc(C3CCCN3)cc2)o1. The maximum Gasteiger partial charge on any atom is 0.286 e. The second-order valence-electron chi connectivity index (χ2n) is 5.01. The van der Waals surface area contributed by atoms with Crippen LogP contribution in [0.3, 0.4) is 0 Å². The molecule has 0 spiro atoms. The number of furan rings is 1. The number of hydrogen-bond donors (Lipinski definition) is 2. The van der Waals surface area contributed by atoms with Gasteiger partial charge in [0, 0.05) is 18.7 Å². The lowest BCUT2D eigenvalue weighted by Gasteiger charge is -2.10. The first kappa shape index (κ1) is 12.9. The summed E-state index contributed by atoms with van der Waals surface area (Å²) < 4.78 is 5.56. The van der Waals surface area contributed by atoms with E-state index in [0.717, 1.165) is 17.9 Å². The molecule has 1 unspecified atom stereocenters. The third-order valence-corrected chi connectivity index (χ3v) is 3.71. The number of amides is 1. The molecule has 2 heterocycles. The van der Waals surface area contributed by atoms with Gasteiger partial charge < -0.3 is 15.1 Å². The van der Waals surface area contributed by atoms with Crippen molar-refractivity contribution < 1.29 is 9.21 Å². The molecule has 2 N–H and O–H groups in total. The molecule has 4 heteroatoms. The van der Waals surface area contributed by atoms with E-state index in [1.54, 1.807) is 13.1 Å². The van der Waals surface area contributed by atoms with E-state index < -0.39 is 0 Å². The second-order valence-corrected chi connectivity index (χ2v) is 5.01. The number of carbonyl (C=O) groups is 1. The quantitative estimate of drug-likeness (QED) is 0.901. The van der Waals surface area contributed by atoms with Crippen molar-refractivity contribution in [2.75, 3.05) is 13.6 Å². The predicted molar refractivity (Wildman–Crippen MR) is 77.5 cm³/mol. The highest BCUT2D eigenvalue weighted by atomic mass is 16.3. The van der Waals surface area contributed by atoms with Crippen molar-refractivity contribution in [2.24, 2.45) is 0 Å². The smallest absolute Gasteiger partial charge is 0.286 e. The molecule has 0 bridgehead atoms. The minimum absolute atomic E-state index is 0.206. The monoisotopic (exact) mass is 270 g/mol. The molecule has 104 valence electrons. The third-order valence-electron chi connectivity index (χ3n) is 3.71. The van der Waals surface area contributed by atoms with Gasteiger partial charge in [-0.05, 0) is 37.1 Å². The molecule has 4 nitrogen and oxygen atoms in total. The summed E-state index contributed by atoms with van der Waals surface area (Å²) in [7, 11) is 1.59. The molecule has 1 fully saturated rings. The molecule has 1 aliphatic rings. The number of rotatable bonds is 3. The van der Waals surface area contributed by atoms with Crippen LogP contribution in [0.1, 0.15) is 35.0 Å². The molecular weight excluding hydrogens is 252 g/mol. The van der Waals surface area contributed by atoms with Crippen LogP contribution in [0.15, 0.2) is 40.8 Å². The summed E-state index contributed by atoms with van der Waals surface area (Å²) in [5.41, 5.74) is 2.30. The van der Waals surface area contributed by atoms with Crippen molar-refractivity contribution in [1.82, 2.24) is 10.6 Å². The van der Waals surface area contributed by atoms with Gasteiger partial charge in [-0.1, -0.05) is 24.3 Å². The van der Waals surface area contributed by atoms with Crippen molar-refractivity contribution in [3.63, 3.8) is 0 Å². The fourth-order valence-electron chi connectivity index (χ4n) is 2.59. The van der Waals surface area contributed by atoms with Gasteiger partial charge >= 0.3 is 0 Å². The van der Waals surface area contributed by atoms with E-state index in [4.69, 9.17) is 4.42 Å². The molecule has 2 aromatic rings. The van der Waals surface area contributed by atoms with Gasteiger partial charge in [-0.3, -0.25) is 4.79 Å². The first-order chi connectivity index (χ1) is 9.78. The van der Waals surface area contributed by atoms with Crippen LogP contribution >= 0.6 is 0 Å². The summed E-state index contributed by atoms with van der Waals surface area (Å²) in [6, 6.07) is 12.3. The average molecular weight is 270 g/mol. The van der Waals surface area contributed by atoms with Gasteiger partial charge in [0.1, 0.15) is 5.76 Å². The van der Waals surface area contributed by atoms with Crippen LogP contribution in [-0.2, 0) is 0 Å². The van der Waals surface area contributed by atoms with Crippen molar-refractivity contribution in [3.8, 4) is 11.3 Å². The Kier molecular flexibility index (Phi) is 3.56. The van der Waals surface area contributed by atoms with Crippen molar-refractivity contribution in [1.29, 1.82) is 0 Å². The standard InChI is InChI=1S/C16H18N2O2/c1-17-16(19)15-9-8-14(20-15)12-6-4-11(5-7-12)13-3-2-10-18-13/h4-9,13,18H,2-3,10H2,1H3,(H,17,19). The highest BCUT2D eigenvalue weighted by Gasteiger charge is 2.16. The maximum atomic E-state index is 11.5.